The second kappa shape index (κ2) is 5.30. The third-order valence-electron chi connectivity index (χ3n) is 3.30. The van der Waals surface area contributed by atoms with Gasteiger partial charge >= 0.3 is 0 Å². The Kier molecular flexibility index (Phi) is 3.91. The number of hydrogen-bond donors (Lipinski definition) is 1. The van der Waals surface area contributed by atoms with E-state index in [4.69, 9.17) is 5.26 Å². The van der Waals surface area contributed by atoms with Crippen LogP contribution in [0, 0.1) is 23.1 Å². The van der Waals surface area contributed by atoms with E-state index < -0.39 is 5.54 Å². The summed E-state index contributed by atoms with van der Waals surface area (Å²) in [6.07, 6.45) is 1.97. The molecule has 1 atom stereocenters. The lowest BCUT2D eigenvalue weighted by atomic mass is 10.00. The highest BCUT2D eigenvalue weighted by atomic mass is 79.9. The molecule has 100 valence electrons. The number of nitriles is 1. The molecule has 0 aromatic heterocycles. The third-order valence-corrected chi connectivity index (χ3v) is 3.91. The van der Waals surface area contributed by atoms with E-state index in [1.807, 2.05) is 0 Å². The van der Waals surface area contributed by atoms with Crippen LogP contribution in [0.1, 0.15) is 25.3 Å². The van der Waals surface area contributed by atoms with Crippen LogP contribution >= 0.6 is 15.9 Å². The molecule has 1 N–H and O–H groups in total. The molecule has 5 heteroatoms. The maximum Gasteiger partial charge on any atom is 0.224 e. The van der Waals surface area contributed by atoms with E-state index >= 15 is 0 Å². The van der Waals surface area contributed by atoms with Gasteiger partial charge in [-0.05, 0) is 52.9 Å². The number of hydrogen-bond acceptors (Lipinski definition) is 2. The highest BCUT2D eigenvalue weighted by molar-refractivity contribution is 9.10. The average molecular weight is 325 g/mol. The van der Waals surface area contributed by atoms with Crippen molar-refractivity contribution in [1.82, 2.24) is 5.32 Å². The van der Waals surface area contributed by atoms with Crippen molar-refractivity contribution in [1.29, 1.82) is 5.26 Å². The van der Waals surface area contributed by atoms with Crippen LogP contribution in [0.25, 0.3) is 0 Å². The molecule has 1 amide bonds. The van der Waals surface area contributed by atoms with E-state index in [0.717, 1.165) is 18.4 Å². The standard InChI is InChI=1S/C14H14BrFN2O/c1-9(13(19)18-14(8-17)4-5-14)6-10-2-3-12(16)11(15)7-10/h2-3,7,9H,4-6H2,1H3,(H,18,19)/t9-/m0/s1. The summed E-state index contributed by atoms with van der Waals surface area (Å²) in [5.41, 5.74) is 0.257. The zero-order valence-corrected chi connectivity index (χ0v) is 12.1. The van der Waals surface area contributed by atoms with Crippen molar-refractivity contribution < 1.29 is 9.18 Å². The van der Waals surface area contributed by atoms with Crippen LogP contribution < -0.4 is 5.32 Å². The summed E-state index contributed by atoms with van der Waals surface area (Å²) in [7, 11) is 0. The number of amides is 1. The number of halogens is 2. The molecule has 0 bridgehead atoms. The normalized spacial score (nSPS) is 17.4. The second-order valence-electron chi connectivity index (χ2n) is 5.04. The molecular formula is C14H14BrFN2O. The lowest BCUT2D eigenvalue weighted by molar-refractivity contribution is -0.125. The fourth-order valence-corrected chi connectivity index (χ4v) is 2.29. The highest BCUT2D eigenvalue weighted by Crippen LogP contribution is 2.34. The summed E-state index contributed by atoms with van der Waals surface area (Å²) in [6, 6.07) is 6.85. The van der Waals surface area contributed by atoms with Crippen LogP contribution in [-0.2, 0) is 11.2 Å². The average Bonchev–Trinajstić information content (AvgIpc) is 3.14. The Bertz CT molecular complexity index is 549. The van der Waals surface area contributed by atoms with E-state index in [-0.39, 0.29) is 17.6 Å². The molecule has 2 rings (SSSR count). The molecule has 1 aliphatic carbocycles. The highest BCUT2D eigenvalue weighted by Gasteiger charge is 2.45. The SMILES string of the molecule is C[C@@H](Cc1ccc(F)c(Br)c1)C(=O)NC1(C#N)CC1. The van der Waals surface area contributed by atoms with Crippen molar-refractivity contribution in [2.24, 2.45) is 5.92 Å². The molecule has 1 aromatic rings. The van der Waals surface area contributed by atoms with Crippen LogP contribution in [0.2, 0.25) is 0 Å². The van der Waals surface area contributed by atoms with Gasteiger partial charge in [0.15, 0.2) is 0 Å². The number of benzene rings is 1. The fraction of sp³-hybridized carbons (Fsp3) is 0.429. The van der Waals surface area contributed by atoms with E-state index in [0.29, 0.717) is 10.9 Å². The predicted octanol–water partition coefficient (Wildman–Crippen LogP) is 2.94. The van der Waals surface area contributed by atoms with Gasteiger partial charge in [0, 0.05) is 5.92 Å². The quantitative estimate of drug-likeness (QED) is 0.925. The minimum Gasteiger partial charge on any atom is -0.338 e. The number of nitrogens with zero attached hydrogens (tertiary/aromatic N) is 1. The molecule has 0 radical (unpaired) electrons. The van der Waals surface area contributed by atoms with Gasteiger partial charge in [-0.15, -0.1) is 0 Å². The van der Waals surface area contributed by atoms with Gasteiger partial charge in [0.1, 0.15) is 11.4 Å². The minimum atomic E-state index is -0.630. The van der Waals surface area contributed by atoms with Crippen LogP contribution in [-0.4, -0.2) is 11.4 Å². The number of carbonyl (C=O) groups excluding carboxylic acids is 1. The van der Waals surface area contributed by atoms with E-state index in [9.17, 15) is 9.18 Å². The summed E-state index contributed by atoms with van der Waals surface area (Å²) in [6.45, 7) is 1.81. The lowest BCUT2D eigenvalue weighted by Crippen LogP contribution is -2.39. The summed E-state index contributed by atoms with van der Waals surface area (Å²) < 4.78 is 13.5. The van der Waals surface area contributed by atoms with Gasteiger partial charge in [0.2, 0.25) is 5.91 Å². The molecule has 1 fully saturated rings. The molecule has 1 aliphatic rings. The molecule has 1 saturated carbocycles. The Balaban J connectivity index is 1.97. The Morgan fingerprint density at radius 3 is 2.84 bits per heavy atom. The number of nitrogens with one attached hydrogen (secondary N) is 1. The molecule has 0 spiro atoms. The van der Waals surface area contributed by atoms with Crippen LogP contribution in [0.5, 0.6) is 0 Å². The van der Waals surface area contributed by atoms with Gasteiger partial charge in [0.05, 0.1) is 10.5 Å². The van der Waals surface area contributed by atoms with Crippen molar-refractivity contribution in [3.05, 3.63) is 34.1 Å². The molecule has 0 heterocycles. The van der Waals surface area contributed by atoms with Crippen LogP contribution in [0.4, 0.5) is 4.39 Å². The van der Waals surface area contributed by atoms with Crippen molar-refractivity contribution >= 4 is 21.8 Å². The summed E-state index contributed by atoms with van der Waals surface area (Å²) >= 11 is 3.12. The number of carbonyl (C=O) groups is 1. The molecule has 19 heavy (non-hydrogen) atoms. The van der Waals surface area contributed by atoms with Gasteiger partial charge < -0.3 is 5.32 Å². The first-order valence-electron chi connectivity index (χ1n) is 6.13. The van der Waals surface area contributed by atoms with Crippen molar-refractivity contribution in [2.75, 3.05) is 0 Å². The van der Waals surface area contributed by atoms with E-state index in [1.165, 1.54) is 6.07 Å². The molecule has 1 aromatic carbocycles. The maximum atomic E-state index is 13.1. The summed E-state index contributed by atoms with van der Waals surface area (Å²) in [4.78, 5) is 12.0. The number of rotatable bonds is 4. The molecule has 3 nitrogen and oxygen atoms in total. The Labute approximate surface area is 119 Å². The topological polar surface area (TPSA) is 52.9 Å². The molecule has 0 unspecified atom stereocenters. The third kappa shape index (κ3) is 3.32. The van der Waals surface area contributed by atoms with Gasteiger partial charge in [0.25, 0.3) is 0 Å². The Morgan fingerprint density at radius 1 is 1.63 bits per heavy atom. The zero-order chi connectivity index (χ0) is 14.0. The first-order chi connectivity index (χ1) is 8.96. The first kappa shape index (κ1) is 14.0. The van der Waals surface area contributed by atoms with Crippen LogP contribution in [0.15, 0.2) is 22.7 Å². The smallest absolute Gasteiger partial charge is 0.224 e. The van der Waals surface area contributed by atoms with Gasteiger partial charge in [-0.2, -0.15) is 5.26 Å². The molecular weight excluding hydrogens is 311 g/mol. The van der Waals surface area contributed by atoms with Gasteiger partial charge in [-0.1, -0.05) is 13.0 Å². The van der Waals surface area contributed by atoms with E-state index in [2.05, 4.69) is 27.3 Å². The molecule has 0 aliphatic heterocycles. The second-order valence-corrected chi connectivity index (χ2v) is 5.89. The predicted molar refractivity (Wildman–Crippen MR) is 72.7 cm³/mol. The molecule has 0 saturated heterocycles. The Morgan fingerprint density at radius 2 is 2.32 bits per heavy atom. The maximum absolute atomic E-state index is 13.1. The van der Waals surface area contributed by atoms with E-state index in [1.54, 1.807) is 19.1 Å². The zero-order valence-electron chi connectivity index (χ0n) is 10.5. The van der Waals surface area contributed by atoms with Gasteiger partial charge in [-0.3, -0.25) is 4.79 Å². The monoisotopic (exact) mass is 324 g/mol. The lowest BCUT2D eigenvalue weighted by Gasteiger charge is -2.15. The minimum absolute atomic E-state index is 0.125. The first-order valence-corrected chi connectivity index (χ1v) is 6.92. The van der Waals surface area contributed by atoms with Crippen molar-refractivity contribution in [3.8, 4) is 6.07 Å². The summed E-state index contributed by atoms with van der Waals surface area (Å²) in [5.74, 6) is -0.690. The Hall–Kier alpha value is -1.41. The fourth-order valence-electron chi connectivity index (χ4n) is 1.86. The van der Waals surface area contributed by atoms with Gasteiger partial charge in [-0.25, -0.2) is 4.39 Å². The summed E-state index contributed by atoms with van der Waals surface area (Å²) in [5, 5.41) is 11.7. The van der Waals surface area contributed by atoms with Crippen molar-refractivity contribution in [2.45, 2.75) is 31.7 Å². The van der Waals surface area contributed by atoms with Crippen LogP contribution in [0.3, 0.4) is 0 Å². The largest absolute Gasteiger partial charge is 0.338 e. The van der Waals surface area contributed by atoms with Crippen molar-refractivity contribution in [3.63, 3.8) is 0 Å².